The number of nitrogens with zero attached hydrogens (tertiary/aromatic N) is 1. The maximum Gasteiger partial charge on any atom is 0.347 e. The van der Waals surface area contributed by atoms with E-state index in [2.05, 4.69) is 0 Å². The lowest BCUT2D eigenvalue weighted by molar-refractivity contribution is 0.103. The van der Waals surface area contributed by atoms with Crippen LogP contribution in [0.2, 0.25) is 0 Å². The first kappa shape index (κ1) is 17.2. The van der Waals surface area contributed by atoms with Gasteiger partial charge in [0.25, 0.3) is 0 Å². The van der Waals surface area contributed by atoms with E-state index in [1.165, 1.54) is 0 Å². The number of ketones is 1. The number of carbonyl (C=O) groups excluding carboxylic acids is 1. The largest absolute Gasteiger partial charge is 0.422 e. The second-order valence-electron chi connectivity index (χ2n) is 7.01. The summed E-state index contributed by atoms with van der Waals surface area (Å²) < 4.78 is 7.32. The van der Waals surface area contributed by atoms with Crippen molar-refractivity contribution in [2.75, 3.05) is 0 Å². The molecule has 5 aromatic rings. The normalized spacial score (nSPS) is 11.2. The van der Waals surface area contributed by atoms with Gasteiger partial charge in [-0.2, -0.15) is 0 Å². The summed E-state index contributed by atoms with van der Waals surface area (Å²) >= 11 is 0. The van der Waals surface area contributed by atoms with Crippen LogP contribution in [0.3, 0.4) is 0 Å². The SMILES string of the molecule is Cc1cccc2cc(-c3ccccc3)c(C(=O)c3cc4ccccc4oc3=O)n12. The van der Waals surface area contributed by atoms with E-state index in [1.807, 2.05) is 78.1 Å². The minimum absolute atomic E-state index is 0.0316. The van der Waals surface area contributed by atoms with Gasteiger partial charge in [-0.1, -0.05) is 54.6 Å². The number of pyridine rings is 1. The molecule has 4 nitrogen and oxygen atoms in total. The van der Waals surface area contributed by atoms with Gasteiger partial charge in [-0.15, -0.1) is 0 Å². The number of benzene rings is 2. The first-order chi connectivity index (χ1) is 14.1. The highest BCUT2D eigenvalue weighted by molar-refractivity contribution is 6.13. The van der Waals surface area contributed by atoms with E-state index in [4.69, 9.17) is 4.42 Å². The van der Waals surface area contributed by atoms with Gasteiger partial charge in [0.2, 0.25) is 5.78 Å². The molecule has 4 heteroatoms. The summed E-state index contributed by atoms with van der Waals surface area (Å²) in [5.74, 6) is -0.349. The molecule has 0 N–H and O–H groups in total. The monoisotopic (exact) mass is 379 g/mol. The van der Waals surface area contributed by atoms with E-state index in [1.54, 1.807) is 18.2 Å². The first-order valence-electron chi connectivity index (χ1n) is 9.37. The van der Waals surface area contributed by atoms with Gasteiger partial charge in [-0.25, -0.2) is 4.79 Å². The second kappa shape index (κ2) is 6.60. The molecule has 3 heterocycles. The number of aryl methyl sites for hydroxylation is 1. The zero-order valence-electron chi connectivity index (χ0n) is 15.8. The molecule has 0 aliphatic carbocycles. The average Bonchev–Trinajstić information content (AvgIpc) is 3.14. The second-order valence-corrected chi connectivity index (χ2v) is 7.01. The van der Waals surface area contributed by atoms with Crippen molar-refractivity contribution in [1.29, 1.82) is 0 Å². The quantitative estimate of drug-likeness (QED) is 0.318. The molecule has 3 aromatic heterocycles. The fourth-order valence-corrected chi connectivity index (χ4v) is 3.80. The van der Waals surface area contributed by atoms with Crippen molar-refractivity contribution in [3.05, 3.63) is 112 Å². The van der Waals surface area contributed by atoms with Crippen LogP contribution in [0.1, 0.15) is 21.7 Å². The van der Waals surface area contributed by atoms with Crippen molar-refractivity contribution in [2.24, 2.45) is 0 Å². The van der Waals surface area contributed by atoms with E-state index >= 15 is 0 Å². The number of para-hydroxylation sites is 1. The number of rotatable bonds is 3. The smallest absolute Gasteiger partial charge is 0.347 e. The Bertz CT molecular complexity index is 1440. The molecule has 0 aliphatic heterocycles. The van der Waals surface area contributed by atoms with Crippen molar-refractivity contribution in [3.8, 4) is 11.1 Å². The summed E-state index contributed by atoms with van der Waals surface area (Å²) in [4.78, 5) is 26.3. The highest BCUT2D eigenvalue weighted by Crippen LogP contribution is 2.30. The zero-order valence-corrected chi connectivity index (χ0v) is 15.8. The van der Waals surface area contributed by atoms with Crippen molar-refractivity contribution < 1.29 is 9.21 Å². The first-order valence-corrected chi connectivity index (χ1v) is 9.37. The number of aromatic nitrogens is 1. The van der Waals surface area contributed by atoms with Gasteiger partial charge in [0, 0.05) is 22.2 Å². The molecule has 0 saturated carbocycles. The highest BCUT2D eigenvalue weighted by Gasteiger charge is 2.24. The van der Waals surface area contributed by atoms with Crippen LogP contribution in [0.4, 0.5) is 0 Å². The Morgan fingerprint density at radius 3 is 2.45 bits per heavy atom. The third-order valence-corrected chi connectivity index (χ3v) is 5.17. The minimum atomic E-state index is -0.628. The third-order valence-electron chi connectivity index (χ3n) is 5.17. The molecule has 0 saturated heterocycles. The lowest BCUT2D eigenvalue weighted by Crippen LogP contribution is -2.17. The maximum absolute atomic E-state index is 13.7. The predicted molar refractivity (Wildman–Crippen MR) is 113 cm³/mol. The summed E-state index contributed by atoms with van der Waals surface area (Å²) in [5, 5.41) is 0.717. The summed E-state index contributed by atoms with van der Waals surface area (Å²) in [6.07, 6.45) is 0. The summed E-state index contributed by atoms with van der Waals surface area (Å²) in [6, 6.07) is 26.4. The van der Waals surface area contributed by atoms with Crippen molar-refractivity contribution >= 4 is 22.3 Å². The molecule has 29 heavy (non-hydrogen) atoms. The molecule has 0 amide bonds. The molecule has 0 bridgehead atoms. The number of carbonyl (C=O) groups is 1. The number of fused-ring (bicyclic) bond motifs is 2. The van der Waals surface area contributed by atoms with Gasteiger partial charge in [0.15, 0.2) is 0 Å². The van der Waals surface area contributed by atoms with Crippen LogP contribution in [0.5, 0.6) is 0 Å². The van der Waals surface area contributed by atoms with E-state index in [0.717, 1.165) is 22.3 Å². The molecule has 0 fully saturated rings. The van der Waals surface area contributed by atoms with Crippen molar-refractivity contribution in [2.45, 2.75) is 6.92 Å². The van der Waals surface area contributed by atoms with Gasteiger partial charge in [-0.05, 0) is 42.8 Å². The van der Waals surface area contributed by atoms with Crippen molar-refractivity contribution in [3.63, 3.8) is 0 Å². The van der Waals surface area contributed by atoms with Gasteiger partial charge < -0.3 is 8.82 Å². The lowest BCUT2D eigenvalue weighted by atomic mass is 10.0. The van der Waals surface area contributed by atoms with E-state index in [0.29, 0.717) is 16.7 Å². The zero-order chi connectivity index (χ0) is 20.0. The van der Waals surface area contributed by atoms with Gasteiger partial charge in [0.1, 0.15) is 16.8 Å². The van der Waals surface area contributed by atoms with Gasteiger partial charge in [-0.3, -0.25) is 4.79 Å². The van der Waals surface area contributed by atoms with Crippen LogP contribution < -0.4 is 5.63 Å². The Morgan fingerprint density at radius 1 is 0.862 bits per heavy atom. The molecule has 0 radical (unpaired) electrons. The Hall–Kier alpha value is -3.92. The summed E-state index contributed by atoms with van der Waals surface area (Å²) in [5.41, 5.74) is 3.86. The molecule has 5 rings (SSSR count). The Morgan fingerprint density at radius 2 is 1.62 bits per heavy atom. The predicted octanol–water partition coefficient (Wildman–Crippen LogP) is 5.25. The van der Waals surface area contributed by atoms with Crippen molar-refractivity contribution in [1.82, 2.24) is 4.40 Å². The molecule has 140 valence electrons. The van der Waals surface area contributed by atoms with Crippen LogP contribution in [0.25, 0.3) is 27.6 Å². The third kappa shape index (κ3) is 2.77. The maximum atomic E-state index is 13.7. The van der Waals surface area contributed by atoms with E-state index in [-0.39, 0.29) is 11.3 Å². The van der Waals surface area contributed by atoms with E-state index < -0.39 is 5.63 Å². The number of hydrogen-bond acceptors (Lipinski definition) is 3. The minimum Gasteiger partial charge on any atom is -0.422 e. The Kier molecular flexibility index (Phi) is 3.91. The van der Waals surface area contributed by atoms with Crippen LogP contribution in [-0.2, 0) is 0 Å². The van der Waals surface area contributed by atoms with Crippen LogP contribution in [0, 0.1) is 6.92 Å². The fraction of sp³-hybridized carbons (Fsp3) is 0.0400. The van der Waals surface area contributed by atoms with Gasteiger partial charge in [0.05, 0.1) is 0 Å². The summed E-state index contributed by atoms with van der Waals surface area (Å²) in [7, 11) is 0. The average molecular weight is 379 g/mol. The van der Waals surface area contributed by atoms with E-state index in [9.17, 15) is 9.59 Å². The standard InChI is InChI=1S/C25H17NO3/c1-16-8-7-12-19-15-20(17-9-3-2-4-10-17)23(26(16)19)24(27)21-14-18-11-5-6-13-22(18)29-25(21)28/h2-15H,1H3. The highest BCUT2D eigenvalue weighted by atomic mass is 16.4. The Labute approximate surface area is 166 Å². The van der Waals surface area contributed by atoms with Gasteiger partial charge >= 0.3 is 5.63 Å². The summed E-state index contributed by atoms with van der Waals surface area (Å²) in [6.45, 7) is 1.95. The fourth-order valence-electron chi connectivity index (χ4n) is 3.80. The Balaban J connectivity index is 1.82. The molecule has 0 unspecified atom stereocenters. The molecular weight excluding hydrogens is 362 g/mol. The van der Waals surface area contributed by atoms with Crippen LogP contribution >= 0.6 is 0 Å². The molecule has 0 spiro atoms. The topological polar surface area (TPSA) is 51.7 Å². The van der Waals surface area contributed by atoms with Crippen LogP contribution in [0.15, 0.2) is 94.1 Å². The molecular formula is C25H17NO3. The molecule has 0 atom stereocenters. The number of hydrogen-bond donors (Lipinski definition) is 0. The molecule has 0 aliphatic rings. The molecule has 2 aromatic carbocycles. The lowest BCUT2D eigenvalue weighted by Gasteiger charge is -2.09. The van der Waals surface area contributed by atoms with Crippen LogP contribution in [-0.4, -0.2) is 10.2 Å².